The van der Waals surface area contributed by atoms with Crippen LogP contribution in [0.1, 0.15) is 37.8 Å². The van der Waals surface area contributed by atoms with Crippen molar-refractivity contribution in [2.75, 3.05) is 44.2 Å². The van der Waals surface area contributed by atoms with Gasteiger partial charge in [-0.25, -0.2) is 0 Å². The Labute approximate surface area is 192 Å². The summed E-state index contributed by atoms with van der Waals surface area (Å²) in [6.07, 6.45) is 2.40. The van der Waals surface area contributed by atoms with E-state index in [0.29, 0.717) is 0 Å². The highest BCUT2D eigenvalue weighted by Gasteiger charge is 2.20. The molecule has 0 unspecified atom stereocenters. The first-order valence-corrected chi connectivity index (χ1v) is 12.1. The van der Waals surface area contributed by atoms with E-state index in [2.05, 4.69) is 84.3 Å². The number of hydrogen-bond acceptors (Lipinski definition) is 4. The average Bonchev–Trinajstić information content (AvgIpc) is 2.84. The SMILES string of the molecule is CCN(CC)CCOc1ccc(Cc2c(N3CCC(O)CC3)ccc3ccccc23)cc1. The second-order valence-corrected chi connectivity index (χ2v) is 8.70. The highest BCUT2D eigenvalue weighted by molar-refractivity contribution is 5.90. The van der Waals surface area contributed by atoms with Crippen LogP contribution in [0.2, 0.25) is 0 Å². The number of nitrogens with zero attached hydrogens (tertiary/aromatic N) is 2. The molecular formula is C28H36N2O2. The van der Waals surface area contributed by atoms with E-state index in [9.17, 15) is 5.11 Å². The fraction of sp³-hybridized carbons (Fsp3) is 0.429. The van der Waals surface area contributed by atoms with Gasteiger partial charge in [0.1, 0.15) is 12.4 Å². The molecule has 170 valence electrons. The molecule has 4 rings (SSSR count). The van der Waals surface area contributed by atoms with Crippen LogP contribution >= 0.6 is 0 Å². The normalized spacial score (nSPS) is 14.9. The third-order valence-electron chi connectivity index (χ3n) is 6.70. The molecule has 1 N–H and O–H groups in total. The van der Waals surface area contributed by atoms with Gasteiger partial charge in [0, 0.05) is 31.7 Å². The number of likely N-dealkylation sites (N-methyl/N-ethyl adjacent to an activating group) is 1. The van der Waals surface area contributed by atoms with Crippen molar-refractivity contribution in [3.8, 4) is 5.75 Å². The number of piperidine rings is 1. The number of hydrogen-bond donors (Lipinski definition) is 1. The zero-order valence-electron chi connectivity index (χ0n) is 19.5. The lowest BCUT2D eigenvalue weighted by Crippen LogP contribution is -2.36. The van der Waals surface area contributed by atoms with Crippen molar-refractivity contribution in [3.05, 3.63) is 71.8 Å². The maximum atomic E-state index is 9.95. The number of ether oxygens (including phenoxy) is 1. The van der Waals surface area contributed by atoms with Crippen LogP contribution in [0.15, 0.2) is 60.7 Å². The van der Waals surface area contributed by atoms with Crippen molar-refractivity contribution in [2.24, 2.45) is 0 Å². The molecule has 0 radical (unpaired) electrons. The molecule has 1 heterocycles. The van der Waals surface area contributed by atoms with Gasteiger partial charge < -0.3 is 19.6 Å². The van der Waals surface area contributed by atoms with Gasteiger partial charge in [0.2, 0.25) is 0 Å². The van der Waals surface area contributed by atoms with Gasteiger partial charge >= 0.3 is 0 Å². The van der Waals surface area contributed by atoms with Crippen molar-refractivity contribution in [3.63, 3.8) is 0 Å². The Bertz CT molecular complexity index is 990. The van der Waals surface area contributed by atoms with E-state index in [0.717, 1.165) is 64.3 Å². The minimum absolute atomic E-state index is 0.163. The molecule has 0 atom stereocenters. The smallest absolute Gasteiger partial charge is 0.119 e. The summed E-state index contributed by atoms with van der Waals surface area (Å²) in [5.41, 5.74) is 3.96. The Kier molecular flexibility index (Phi) is 7.67. The van der Waals surface area contributed by atoms with Crippen LogP contribution in [-0.2, 0) is 6.42 Å². The van der Waals surface area contributed by atoms with E-state index < -0.39 is 0 Å². The number of anilines is 1. The lowest BCUT2D eigenvalue weighted by Gasteiger charge is -2.33. The molecule has 0 bridgehead atoms. The molecule has 4 nitrogen and oxygen atoms in total. The Morgan fingerprint density at radius 1 is 0.938 bits per heavy atom. The van der Waals surface area contributed by atoms with Crippen LogP contribution < -0.4 is 9.64 Å². The summed E-state index contributed by atoms with van der Waals surface area (Å²) in [5, 5.41) is 12.5. The van der Waals surface area contributed by atoms with Gasteiger partial charge in [-0.15, -0.1) is 0 Å². The predicted molar refractivity (Wildman–Crippen MR) is 134 cm³/mol. The fourth-order valence-electron chi connectivity index (χ4n) is 4.65. The first-order chi connectivity index (χ1) is 15.7. The van der Waals surface area contributed by atoms with Crippen LogP contribution in [-0.4, -0.2) is 55.4 Å². The van der Waals surface area contributed by atoms with Crippen LogP contribution in [0.25, 0.3) is 10.8 Å². The molecule has 1 aliphatic heterocycles. The summed E-state index contributed by atoms with van der Waals surface area (Å²) in [4.78, 5) is 4.81. The van der Waals surface area contributed by atoms with Crippen molar-refractivity contribution < 1.29 is 9.84 Å². The Hall–Kier alpha value is -2.56. The third kappa shape index (κ3) is 5.43. The number of aliphatic hydroxyl groups excluding tert-OH is 1. The summed E-state index contributed by atoms with van der Waals surface area (Å²) < 4.78 is 5.97. The van der Waals surface area contributed by atoms with Gasteiger partial charge in [0.15, 0.2) is 0 Å². The van der Waals surface area contributed by atoms with E-state index >= 15 is 0 Å². The fourth-order valence-corrected chi connectivity index (χ4v) is 4.65. The molecule has 32 heavy (non-hydrogen) atoms. The first-order valence-electron chi connectivity index (χ1n) is 12.1. The Balaban J connectivity index is 1.52. The Morgan fingerprint density at radius 2 is 1.66 bits per heavy atom. The highest BCUT2D eigenvalue weighted by Crippen LogP contribution is 2.33. The van der Waals surface area contributed by atoms with E-state index in [-0.39, 0.29) is 6.10 Å². The second-order valence-electron chi connectivity index (χ2n) is 8.70. The van der Waals surface area contributed by atoms with Gasteiger partial charge in [-0.1, -0.05) is 56.3 Å². The van der Waals surface area contributed by atoms with Gasteiger partial charge in [-0.05, 0) is 66.0 Å². The molecule has 1 fully saturated rings. The molecule has 4 heteroatoms. The monoisotopic (exact) mass is 432 g/mol. The summed E-state index contributed by atoms with van der Waals surface area (Å²) in [6.45, 7) is 9.98. The van der Waals surface area contributed by atoms with E-state index in [1.807, 2.05) is 0 Å². The van der Waals surface area contributed by atoms with Gasteiger partial charge in [0.25, 0.3) is 0 Å². The molecule has 3 aromatic rings. The molecule has 0 spiro atoms. The molecule has 1 aliphatic rings. The molecule has 1 saturated heterocycles. The van der Waals surface area contributed by atoms with Crippen LogP contribution in [0.4, 0.5) is 5.69 Å². The third-order valence-corrected chi connectivity index (χ3v) is 6.70. The van der Waals surface area contributed by atoms with Crippen LogP contribution in [0.5, 0.6) is 5.75 Å². The minimum atomic E-state index is -0.163. The van der Waals surface area contributed by atoms with Crippen molar-refractivity contribution >= 4 is 16.5 Å². The maximum Gasteiger partial charge on any atom is 0.119 e. The number of rotatable bonds is 9. The molecule has 0 aliphatic carbocycles. The second kappa shape index (κ2) is 10.8. The van der Waals surface area contributed by atoms with Crippen molar-refractivity contribution in [1.29, 1.82) is 0 Å². The van der Waals surface area contributed by atoms with Crippen molar-refractivity contribution in [2.45, 2.75) is 39.2 Å². The zero-order chi connectivity index (χ0) is 22.3. The molecular weight excluding hydrogens is 396 g/mol. The van der Waals surface area contributed by atoms with E-state index in [4.69, 9.17) is 4.74 Å². The summed E-state index contributed by atoms with van der Waals surface area (Å²) >= 11 is 0. The highest BCUT2D eigenvalue weighted by atomic mass is 16.5. The molecule has 0 saturated carbocycles. The number of aliphatic hydroxyl groups is 1. The minimum Gasteiger partial charge on any atom is -0.492 e. The van der Waals surface area contributed by atoms with Gasteiger partial charge in [-0.2, -0.15) is 0 Å². The topological polar surface area (TPSA) is 35.9 Å². The van der Waals surface area contributed by atoms with E-state index in [1.54, 1.807) is 0 Å². The molecule has 0 aromatic heterocycles. The summed E-state index contributed by atoms with van der Waals surface area (Å²) in [6, 6.07) is 21.7. The largest absolute Gasteiger partial charge is 0.492 e. The van der Waals surface area contributed by atoms with Gasteiger partial charge in [-0.3, -0.25) is 0 Å². The number of benzene rings is 3. The average molecular weight is 433 g/mol. The maximum absolute atomic E-state index is 9.95. The summed E-state index contributed by atoms with van der Waals surface area (Å²) in [7, 11) is 0. The predicted octanol–water partition coefficient (Wildman–Crippen LogP) is 5.11. The standard InChI is InChI=1S/C28H36N2O2/c1-3-29(4-2)19-20-32-25-12-9-22(10-13-25)21-27-26-8-6-5-7-23(26)11-14-28(27)30-17-15-24(31)16-18-30/h5-14,24,31H,3-4,15-21H2,1-2H3. The van der Waals surface area contributed by atoms with Crippen LogP contribution in [0, 0.1) is 0 Å². The Morgan fingerprint density at radius 3 is 2.38 bits per heavy atom. The molecule has 3 aromatic carbocycles. The van der Waals surface area contributed by atoms with Gasteiger partial charge in [0.05, 0.1) is 6.10 Å². The first kappa shape index (κ1) is 22.6. The zero-order valence-corrected chi connectivity index (χ0v) is 19.5. The van der Waals surface area contributed by atoms with Crippen LogP contribution in [0.3, 0.4) is 0 Å². The number of fused-ring (bicyclic) bond motifs is 1. The lowest BCUT2D eigenvalue weighted by molar-refractivity contribution is 0.145. The van der Waals surface area contributed by atoms with E-state index in [1.165, 1.54) is 27.6 Å². The molecule has 0 amide bonds. The quantitative estimate of drug-likeness (QED) is 0.510. The lowest BCUT2D eigenvalue weighted by atomic mass is 9.95. The van der Waals surface area contributed by atoms with Crippen molar-refractivity contribution in [1.82, 2.24) is 4.90 Å². The summed E-state index contributed by atoms with van der Waals surface area (Å²) in [5.74, 6) is 0.934.